The van der Waals surface area contributed by atoms with Gasteiger partial charge in [0.25, 0.3) is 0 Å². The number of amides is 1. The van der Waals surface area contributed by atoms with Gasteiger partial charge in [0.1, 0.15) is 0 Å². The topological polar surface area (TPSA) is 69.6 Å². The second-order valence-electron chi connectivity index (χ2n) is 6.50. The standard InChI is InChI=1S/C20H22N2O3/c1-13-11-18(17-5-3-4-6-19(17)22(13)14(2)23)21-16-9-7-15(8-10-16)12-20(24)25/h3-10,13,18,21H,11-12H2,1-2H3,(H,24,25). The Bertz CT molecular complexity index is 786. The number of carbonyl (C=O) groups excluding carboxylic acids is 1. The highest BCUT2D eigenvalue weighted by Crippen LogP contribution is 2.38. The predicted molar refractivity (Wildman–Crippen MR) is 97.8 cm³/mol. The van der Waals surface area contributed by atoms with Gasteiger partial charge in [-0.2, -0.15) is 0 Å². The highest BCUT2D eigenvalue weighted by molar-refractivity contribution is 5.93. The first-order valence-corrected chi connectivity index (χ1v) is 8.41. The Morgan fingerprint density at radius 1 is 1.16 bits per heavy atom. The van der Waals surface area contributed by atoms with Gasteiger partial charge in [-0.15, -0.1) is 0 Å². The third kappa shape index (κ3) is 3.65. The fraction of sp³-hybridized carbons (Fsp3) is 0.300. The van der Waals surface area contributed by atoms with E-state index in [1.165, 1.54) is 0 Å². The van der Waals surface area contributed by atoms with E-state index in [9.17, 15) is 9.59 Å². The summed E-state index contributed by atoms with van der Waals surface area (Å²) in [7, 11) is 0. The number of rotatable bonds is 4. The van der Waals surface area contributed by atoms with E-state index in [2.05, 4.69) is 12.2 Å². The Kier molecular flexibility index (Phi) is 4.74. The quantitative estimate of drug-likeness (QED) is 0.893. The summed E-state index contributed by atoms with van der Waals surface area (Å²) in [5.41, 5.74) is 3.77. The summed E-state index contributed by atoms with van der Waals surface area (Å²) in [6.45, 7) is 3.66. The Morgan fingerprint density at radius 3 is 2.48 bits per heavy atom. The van der Waals surface area contributed by atoms with Crippen molar-refractivity contribution in [1.82, 2.24) is 0 Å². The van der Waals surface area contributed by atoms with Gasteiger partial charge >= 0.3 is 5.97 Å². The molecule has 0 spiro atoms. The van der Waals surface area contributed by atoms with Gasteiger partial charge in [0.05, 0.1) is 12.5 Å². The van der Waals surface area contributed by atoms with Gasteiger partial charge in [0.15, 0.2) is 0 Å². The molecule has 5 nitrogen and oxygen atoms in total. The Morgan fingerprint density at radius 2 is 1.84 bits per heavy atom. The van der Waals surface area contributed by atoms with Gasteiger partial charge in [-0.3, -0.25) is 9.59 Å². The molecule has 130 valence electrons. The Labute approximate surface area is 147 Å². The number of carbonyl (C=O) groups is 2. The second-order valence-corrected chi connectivity index (χ2v) is 6.50. The molecule has 2 N–H and O–H groups in total. The van der Waals surface area contributed by atoms with Crippen LogP contribution in [0.5, 0.6) is 0 Å². The number of hydrogen-bond acceptors (Lipinski definition) is 3. The molecule has 25 heavy (non-hydrogen) atoms. The van der Waals surface area contributed by atoms with Crippen molar-refractivity contribution in [1.29, 1.82) is 0 Å². The zero-order valence-corrected chi connectivity index (χ0v) is 14.4. The van der Waals surface area contributed by atoms with Crippen molar-refractivity contribution in [2.24, 2.45) is 0 Å². The maximum atomic E-state index is 12.0. The molecule has 0 fully saturated rings. The van der Waals surface area contributed by atoms with Crippen LogP contribution < -0.4 is 10.2 Å². The molecule has 1 heterocycles. The van der Waals surface area contributed by atoms with E-state index in [1.807, 2.05) is 53.4 Å². The van der Waals surface area contributed by atoms with Crippen molar-refractivity contribution in [2.45, 2.75) is 38.8 Å². The van der Waals surface area contributed by atoms with Crippen LogP contribution in [0.4, 0.5) is 11.4 Å². The van der Waals surface area contributed by atoms with Crippen molar-refractivity contribution in [3.63, 3.8) is 0 Å². The van der Waals surface area contributed by atoms with E-state index in [0.29, 0.717) is 0 Å². The van der Waals surface area contributed by atoms with Crippen LogP contribution in [-0.2, 0) is 16.0 Å². The van der Waals surface area contributed by atoms with Gasteiger partial charge in [0.2, 0.25) is 5.91 Å². The average Bonchev–Trinajstić information content (AvgIpc) is 2.56. The van der Waals surface area contributed by atoms with E-state index in [1.54, 1.807) is 6.92 Å². The number of benzene rings is 2. The highest BCUT2D eigenvalue weighted by Gasteiger charge is 2.31. The minimum absolute atomic E-state index is 0.0249. The molecular formula is C20H22N2O3. The maximum absolute atomic E-state index is 12.0. The molecule has 0 saturated carbocycles. The number of carboxylic acid groups (broad SMARTS) is 1. The lowest BCUT2D eigenvalue weighted by molar-refractivity contribution is -0.136. The number of para-hydroxylation sites is 1. The van der Waals surface area contributed by atoms with Crippen LogP contribution in [-0.4, -0.2) is 23.0 Å². The third-order valence-electron chi connectivity index (χ3n) is 4.58. The molecule has 0 radical (unpaired) electrons. The van der Waals surface area contributed by atoms with Gasteiger partial charge in [-0.1, -0.05) is 30.3 Å². The second kappa shape index (κ2) is 6.97. The molecule has 0 aliphatic carbocycles. The van der Waals surface area contributed by atoms with E-state index in [4.69, 9.17) is 5.11 Å². The van der Waals surface area contributed by atoms with Crippen LogP contribution in [0.3, 0.4) is 0 Å². The highest BCUT2D eigenvalue weighted by atomic mass is 16.4. The third-order valence-corrected chi connectivity index (χ3v) is 4.58. The smallest absolute Gasteiger partial charge is 0.307 e. The number of aliphatic carboxylic acids is 1. The molecule has 2 atom stereocenters. The van der Waals surface area contributed by atoms with Crippen LogP contribution >= 0.6 is 0 Å². The zero-order chi connectivity index (χ0) is 18.0. The summed E-state index contributed by atoms with van der Waals surface area (Å²) in [4.78, 5) is 24.7. The lowest BCUT2D eigenvalue weighted by Crippen LogP contribution is -2.43. The summed E-state index contributed by atoms with van der Waals surface area (Å²) in [5.74, 6) is -0.781. The van der Waals surface area contributed by atoms with Crippen molar-refractivity contribution < 1.29 is 14.7 Å². The fourth-order valence-electron chi connectivity index (χ4n) is 3.52. The van der Waals surface area contributed by atoms with E-state index in [0.717, 1.165) is 28.9 Å². The van der Waals surface area contributed by atoms with Gasteiger partial charge in [0, 0.05) is 24.3 Å². The first-order valence-electron chi connectivity index (χ1n) is 8.41. The molecule has 2 aromatic carbocycles. The molecule has 2 aromatic rings. The van der Waals surface area contributed by atoms with Crippen molar-refractivity contribution in [2.75, 3.05) is 10.2 Å². The largest absolute Gasteiger partial charge is 0.481 e. The number of hydrogen-bond donors (Lipinski definition) is 2. The summed E-state index contributed by atoms with van der Waals surface area (Å²) in [6.07, 6.45) is 0.838. The van der Waals surface area contributed by atoms with Crippen LogP contribution in [0, 0.1) is 0 Å². The zero-order valence-electron chi connectivity index (χ0n) is 14.4. The Balaban J connectivity index is 1.84. The maximum Gasteiger partial charge on any atom is 0.307 e. The van der Waals surface area contributed by atoms with Gasteiger partial charge < -0.3 is 15.3 Å². The van der Waals surface area contributed by atoms with E-state index >= 15 is 0 Å². The molecule has 0 bridgehead atoms. The normalized spacial score (nSPS) is 19.2. The molecule has 2 unspecified atom stereocenters. The van der Waals surface area contributed by atoms with Crippen molar-refractivity contribution >= 4 is 23.3 Å². The SMILES string of the molecule is CC(=O)N1c2ccccc2C(Nc2ccc(CC(=O)O)cc2)CC1C. The monoisotopic (exact) mass is 338 g/mol. The number of fused-ring (bicyclic) bond motifs is 1. The summed E-state index contributed by atoms with van der Waals surface area (Å²) >= 11 is 0. The number of anilines is 2. The molecular weight excluding hydrogens is 316 g/mol. The first-order chi connectivity index (χ1) is 12.0. The molecule has 5 heteroatoms. The summed E-state index contributed by atoms with van der Waals surface area (Å²) in [6, 6.07) is 15.6. The number of carboxylic acids is 1. The molecule has 3 rings (SSSR count). The molecule has 1 aliphatic heterocycles. The van der Waals surface area contributed by atoms with Crippen LogP contribution in [0.25, 0.3) is 0 Å². The van der Waals surface area contributed by atoms with Crippen molar-refractivity contribution in [3.05, 3.63) is 59.7 Å². The minimum Gasteiger partial charge on any atom is -0.481 e. The molecule has 0 saturated heterocycles. The summed E-state index contributed by atoms with van der Waals surface area (Å²) < 4.78 is 0. The Hall–Kier alpha value is -2.82. The van der Waals surface area contributed by atoms with Crippen LogP contribution in [0.2, 0.25) is 0 Å². The van der Waals surface area contributed by atoms with Crippen LogP contribution in [0.15, 0.2) is 48.5 Å². The number of nitrogens with one attached hydrogen (secondary N) is 1. The van der Waals surface area contributed by atoms with E-state index < -0.39 is 5.97 Å². The summed E-state index contributed by atoms with van der Waals surface area (Å²) in [5, 5.41) is 12.4. The van der Waals surface area contributed by atoms with Crippen LogP contribution in [0.1, 0.15) is 37.4 Å². The van der Waals surface area contributed by atoms with Gasteiger partial charge in [-0.25, -0.2) is 0 Å². The lowest BCUT2D eigenvalue weighted by atomic mass is 9.91. The first kappa shape index (κ1) is 17.0. The predicted octanol–water partition coefficient (Wildman–Crippen LogP) is 3.61. The average molecular weight is 338 g/mol. The van der Waals surface area contributed by atoms with E-state index in [-0.39, 0.29) is 24.4 Å². The van der Waals surface area contributed by atoms with Gasteiger partial charge in [-0.05, 0) is 42.7 Å². The van der Waals surface area contributed by atoms with Crippen molar-refractivity contribution in [3.8, 4) is 0 Å². The molecule has 0 aromatic heterocycles. The minimum atomic E-state index is -0.833. The molecule has 1 aliphatic rings. The number of nitrogens with zero attached hydrogens (tertiary/aromatic N) is 1. The lowest BCUT2D eigenvalue weighted by Gasteiger charge is -2.39. The molecule has 1 amide bonds. The fourth-order valence-corrected chi connectivity index (χ4v) is 3.52.